The third kappa shape index (κ3) is 2.75. The molecule has 23 heavy (non-hydrogen) atoms. The highest BCUT2D eigenvalue weighted by Gasteiger charge is 2.20. The smallest absolute Gasteiger partial charge is 0.0921 e. The highest BCUT2D eigenvalue weighted by molar-refractivity contribution is 6.30. The highest BCUT2D eigenvalue weighted by atomic mass is 35.5. The summed E-state index contributed by atoms with van der Waals surface area (Å²) in [5.41, 5.74) is 7.21. The van der Waals surface area contributed by atoms with Crippen LogP contribution in [-0.2, 0) is 12.8 Å². The predicted octanol–water partition coefficient (Wildman–Crippen LogP) is 5.34. The molecule has 0 saturated carbocycles. The van der Waals surface area contributed by atoms with Gasteiger partial charge in [-0.05, 0) is 66.6 Å². The summed E-state index contributed by atoms with van der Waals surface area (Å²) in [6.45, 7) is 0. The van der Waals surface area contributed by atoms with E-state index in [0.717, 1.165) is 29.3 Å². The Kier molecular flexibility index (Phi) is 3.84. The van der Waals surface area contributed by atoms with Crippen molar-refractivity contribution in [2.24, 2.45) is 0 Å². The molecule has 114 valence electrons. The number of hydrogen-bond acceptors (Lipinski definition) is 2. The molecule has 0 aliphatic heterocycles. The fraction of sp³-hybridized carbons (Fsp3) is 0.200. The van der Waals surface area contributed by atoms with Crippen molar-refractivity contribution in [2.75, 3.05) is 0 Å². The summed E-state index contributed by atoms with van der Waals surface area (Å²) in [5, 5.41) is 0.765. The molecule has 1 aliphatic carbocycles. The topological polar surface area (TPSA) is 25.8 Å². The molecule has 3 heteroatoms. The average molecular weight is 321 g/mol. The maximum atomic E-state index is 6.02. The normalized spacial score (nSPS) is 13.6. The average Bonchev–Trinajstić information content (AvgIpc) is 2.62. The second-order valence-corrected chi connectivity index (χ2v) is 6.34. The van der Waals surface area contributed by atoms with Gasteiger partial charge >= 0.3 is 0 Å². The number of nitrogens with zero attached hydrogens (tertiary/aromatic N) is 2. The minimum atomic E-state index is 0.765. The summed E-state index contributed by atoms with van der Waals surface area (Å²) in [6, 6.07) is 14.0. The molecular weight excluding hydrogens is 304 g/mol. The van der Waals surface area contributed by atoms with E-state index in [9.17, 15) is 0 Å². The Hall–Kier alpha value is -2.19. The van der Waals surface area contributed by atoms with Crippen LogP contribution in [0.4, 0.5) is 0 Å². The maximum Gasteiger partial charge on any atom is 0.0921 e. The van der Waals surface area contributed by atoms with Gasteiger partial charge in [0.1, 0.15) is 0 Å². The van der Waals surface area contributed by atoms with E-state index in [1.165, 1.54) is 35.1 Å². The molecule has 2 aromatic heterocycles. The number of pyridine rings is 2. The van der Waals surface area contributed by atoms with Gasteiger partial charge in [0, 0.05) is 23.0 Å². The molecule has 3 aromatic rings. The lowest BCUT2D eigenvalue weighted by Gasteiger charge is -2.22. The zero-order valence-electron chi connectivity index (χ0n) is 12.8. The Labute approximate surface area is 141 Å². The number of aromatic nitrogens is 2. The minimum Gasteiger partial charge on any atom is -0.255 e. The quantitative estimate of drug-likeness (QED) is 0.636. The van der Waals surface area contributed by atoms with Crippen molar-refractivity contribution in [2.45, 2.75) is 25.7 Å². The van der Waals surface area contributed by atoms with Crippen LogP contribution in [0, 0.1) is 0 Å². The van der Waals surface area contributed by atoms with Crippen LogP contribution in [0.1, 0.15) is 24.0 Å². The fourth-order valence-electron chi connectivity index (χ4n) is 3.35. The standard InChI is InChI=1S/C20H17ClN2/c21-15-10-8-14(9-11-15)18-13-23-20(19-7-3-4-12-22-19)17-6-2-1-5-16(17)18/h3-4,7-13H,1-2,5-6H2. The lowest BCUT2D eigenvalue weighted by Crippen LogP contribution is -2.08. The lowest BCUT2D eigenvalue weighted by molar-refractivity contribution is 0.685. The van der Waals surface area contributed by atoms with Crippen LogP contribution in [0.15, 0.2) is 54.9 Å². The first-order valence-corrected chi connectivity index (χ1v) is 8.39. The van der Waals surface area contributed by atoms with Crippen molar-refractivity contribution >= 4 is 11.6 Å². The molecule has 1 aliphatic rings. The van der Waals surface area contributed by atoms with E-state index in [2.05, 4.69) is 17.1 Å². The Bertz CT molecular complexity index is 826. The fourth-order valence-corrected chi connectivity index (χ4v) is 3.48. The monoisotopic (exact) mass is 320 g/mol. The number of fused-ring (bicyclic) bond motifs is 1. The van der Waals surface area contributed by atoms with Crippen LogP contribution < -0.4 is 0 Å². The first-order valence-electron chi connectivity index (χ1n) is 8.01. The van der Waals surface area contributed by atoms with Crippen molar-refractivity contribution in [1.82, 2.24) is 9.97 Å². The van der Waals surface area contributed by atoms with E-state index in [-0.39, 0.29) is 0 Å². The van der Waals surface area contributed by atoms with E-state index >= 15 is 0 Å². The number of benzene rings is 1. The summed E-state index contributed by atoms with van der Waals surface area (Å²) in [6.07, 6.45) is 8.47. The number of rotatable bonds is 2. The van der Waals surface area contributed by atoms with Gasteiger partial charge in [-0.25, -0.2) is 0 Å². The van der Waals surface area contributed by atoms with Gasteiger partial charge < -0.3 is 0 Å². The number of hydrogen-bond donors (Lipinski definition) is 0. The van der Waals surface area contributed by atoms with Gasteiger partial charge in [-0.1, -0.05) is 29.8 Å². The third-order valence-corrected chi connectivity index (χ3v) is 4.72. The van der Waals surface area contributed by atoms with E-state index in [4.69, 9.17) is 16.6 Å². The zero-order valence-corrected chi connectivity index (χ0v) is 13.6. The Balaban J connectivity index is 1.88. The second-order valence-electron chi connectivity index (χ2n) is 5.91. The van der Waals surface area contributed by atoms with Gasteiger partial charge in [0.2, 0.25) is 0 Å². The lowest BCUT2D eigenvalue weighted by atomic mass is 9.85. The molecule has 0 atom stereocenters. The van der Waals surface area contributed by atoms with Crippen LogP contribution in [0.25, 0.3) is 22.5 Å². The predicted molar refractivity (Wildman–Crippen MR) is 94.6 cm³/mol. The molecule has 0 amide bonds. The van der Waals surface area contributed by atoms with Crippen LogP contribution in [0.3, 0.4) is 0 Å². The molecule has 0 fully saturated rings. The molecule has 0 unspecified atom stereocenters. The molecule has 4 rings (SSSR count). The Morgan fingerprint density at radius 2 is 1.61 bits per heavy atom. The minimum absolute atomic E-state index is 0.765. The SMILES string of the molecule is Clc1ccc(-c2cnc(-c3ccccn3)c3c2CCCC3)cc1. The van der Waals surface area contributed by atoms with Crippen molar-refractivity contribution in [3.63, 3.8) is 0 Å². The largest absolute Gasteiger partial charge is 0.255 e. The van der Waals surface area contributed by atoms with E-state index in [1.807, 2.05) is 42.7 Å². The van der Waals surface area contributed by atoms with Gasteiger partial charge in [0.15, 0.2) is 0 Å². The Morgan fingerprint density at radius 1 is 0.826 bits per heavy atom. The van der Waals surface area contributed by atoms with Crippen LogP contribution in [0.5, 0.6) is 0 Å². The van der Waals surface area contributed by atoms with E-state index in [1.54, 1.807) is 0 Å². The summed E-state index contributed by atoms with van der Waals surface area (Å²) >= 11 is 6.02. The van der Waals surface area contributed by atoms with Gasteiger partial charge in [0.25, 0.3) is 0 Å². The Morgan fingerprint density at radius 3 is 2.35 bits per heavy atom. The van der Waals surface area contributed by atoms with E-state index < -0.39 is 0 Å². The molecule has 2 heterocycles. The molecule has 1 aromatic carbocycles. The molecular formula is C20H17ClN2. The molecule has 0 bridgehead atoms. The molecule has 0 spiro atoms. The van der Waals surface area contributed by atoms with Crippen molar-refractivity contribution in [1.29, 1.82) is 0 Å². The molecule has 0 N–H and O–H groups in total. The van der Waals surface area contributed by atoms with Crippen molar-refractivity contribution in [3.05, 3.63) is 71.0 Å². The maximum absolute atomic E-state index is 6.02. The first kappa shape index (κ1) is 14.4. The van der Waals surface area contributed by atoms with Crippen LogP contribution in [-0.4, -0.2) is 9.97 Å². The number of halogens is 1. The van der Waals surface area contributed by atoms with Crippen molar-refractivity contribution in [3.8, 4) is 22.5 Å². The van der Waals surface area contributed by atoms with Crippen LogP contribution >= 0.6 is 11.6 Å². The van der Waals surface area contributed by atoms with Gasteiger partial charge in [-0.3, -0.25) is 9.97 Å². The third-order valence-electron chi connectivity index (χ3n) is 4.46. The van der Waals surface area contributed by atoms with Gasteiger partial charge in [0.05, 0.1) is 11.4 Å². The van der Waals surface area contributed by atoms with Crippen LogP contribution in [0.2, 0.25) is 5.02 Å². The summed E-state index contributed by atoms with van der Waals surface area (Å²) in [5.74, 6) is 0. The van der Waals surface area contributed by atoms with E-state index in [0.29, 0.717) is 0 Å². The molecule has 0 saturated heterocycles. The van der Waals surface area contributed by atoms with Gasteiger partial charge in [-0.2, -0.15) is 0 Å². The molecule has 0 radical (unpaired) electrons. The summed E-state index contributed by atoms with van der Waals surface area (Å²) in [7, 11) is 0. The zero-order chi connectivity index (χ0) is 15.6. The second kappa shape index (κ2) is 6.13. The van der Waals surface area contributed by atoms with Gasteiger partial charge in [-0.15, -0.1) is 0 Å². The van der Waals surface area contributed by atoms with Crippen molar-refractivity contribution < 1.29 is 0 Å². The summed E-state index contributed by atoms with van der Waals surface area (Å²) in [4.78, 5) is 9.26. The molecule has 2 nitrogen and oxygen atoms in total. The summed E-state index contributed by atoms with van der Waals surface area (Å²) < 4.78 is 0. The highest BCUT2D eigenvalue weighted by Crippen LogP contribution is 2.35. The first-order chi connectivity index (χ1) is 11.3.